The zero-order valence-electron chi connectivity index (χ0n) is 68.2. The van der Waals surface area contributed by atoms with E-state index in [9.17, 15) is 24.2 Å². The van der Waals surface area contributed by atoms with Gasteiger partial charge in [0, 0.05) is 268 Å². The normalized spacial score (nSPS) is 14.1. The summed E-state index contributed by atoms with van der Waals surface area (Å²) >= 11 is 0. The number of anilines is 7. The maximum atomic E-state index is 12.7. The molecule has 0 amide bonds. The van der Waals surface area contributed by atoms with Gasteiger partial charge in [-0.3, -0.25) is 28.7 Å². The molecule has 0 saturated carbocycles. The van der Waals surface area contributed by atoms with E-state index in [2.05, 4.69) is 112 Å². The summed E-state index contributed by atoms with van der Waals surface area (Å²) in [5.41, 5.74) is 35.2. The van der Waals surface area contributed by atoms with Gasteiger partial charge in [-0.2, -0.15) is 31.1 Å². The van der Waals surface area contributed by atoms with Gasteiger partial charge in [-0.1, -0.05) is 30.3 Å². The van der Waals surface area contributed by atoms with Crippen molar-refractivity contribution >= 4 is 67.1 Å². The Labute approximate surface area is 699 Å². The van der Waals surface area contributed by atoms with Gasteiger partial charge >= 0.3 is 0 Å². The minimum absolute atomic E-state index is 0.0976. The standard InChI is InChI=1S/C29H31N11.C29H30N10O.C29H29N9O2S/c1-36(2)26-6-4-20(14-32-26)17-38-8-10-39(11-9-38)27-7-5-21(15-33-27)24-12-22(23-16-34-37(3)18-23)19-40-28(24)25(13-30)29(31)35-40;1-19-12-25(34-36(19)2)22-13-23(28-24(14-30)29(31)35-39(28)18-22)21-5-6-26(32-16-21)38-10-8-37(9-11-38)17-20-4-7-27(40-3)33-15-20;1-35-19-23(18-33-35)22-15-25(28-26(16-30)29(31)34-38(28)20-22)21-7-8-27(32-17-21)37-11-9-36(10-12-37)13-14-41(39,40)24-5-3-2-4-6-24/h4-7,12,14-16,18-19H,8-11,17H2,1-3H3,(H2,31,35);4-7,12-13,15-16,18H,8-11,17H2,1-3H3,(H2,31,35);2-8,15,17-20H,9-14H2,1H3,(H2,31,34). The number of hydrogen-bond acceptors (Lipinski definition) is 27. The second-order valence-electron chi connectivity index (χ2n) is 30.4. The van der Waals surface area contributed by atoms with Gasteiger partial charge in [-0.25, -0.2) is 46.9 Å². The van der Waals surface area contributed by atoms with Gasteiger partial charge in [-0.15, -0.1) is 15.3 Å². The van der Waals surface area contributed by atoms with Gasteiger partial charge < -0.3 is 41.5 Å². The average molecular weight is 1640 g/mol. The third-order valence-electron chi connectivity index (χ3n) is 22.2. The topological polar surface area (TPSA) is 385 Å². The van der Waals surface area contributed by atoms with Gasteiger partial charge in [0.05, 0.1) is 52.4 Å². The highest BCUT2D eigenvalue weighted by Gasteiger charge is 2.27. The van der Waals surface area contributed by atoms with E-state index in [-0.39, 0.29) is 23.2 Å². The van der Waals surface area contributed by atoms with E-state index in [1.54, 1.807) is 72.9 Å². The SMILES string of the molecule is CN(C)c1ccc(CN2CCN(c3ccc(-c4cc(-c5cnn(C)c5)cn5nc(N)c(C#N)c45)cn3)CC2)cn1.COc1ccc(CN2CCN(c3ccc(-c4cc(-c5cc(C)n(C)n5)cn5nc(N)c(C#N)c45)cn3)CC2)cn1.Cn1cc(-c2cc(-c3ccc(N4CCN(CCS(=O)(=O)c5ccccc5)CC4)nc3)c3c(C#N)c(N)nn3c2)cn1. The second kappa shape index (κ2) is 34.5. The van der Waals surface area contributed by atoms with Gasteiger partial charge in [0.2, 0.25) is 5.88 Å². The van der Waals surface area contributed by atoms with Crippen LogP contribution in [0.2, 0.25) is 0 Å². The molecule has 0 spiro atoms. The lowest BCUT2D eigenvalue weighted by Crippen LogP contribution is -2.47. The van der Waals surface area contributed by atoms with E-state index in [1.165, 1.54) is 11.1 Å². The Hall–Kier alpha value is -14.6. The molecule has 15 aromatic rings. The van der Waals surface area contributed by atoms with Crippen LogP contribution < -0.4 is 41.5 Å². The zero-order valence-corrected chi connectivity index (χ0v) is 69.0. The summed E-state index contributed by atoms with van der Waals surface area (Å²) in [6.07, 6.45) is 22.4. The van der Waals surface area contributed by atoms with Crippen LogP contribution in [0.15, 0.2) is 195 Å². The summed E-state index contributed by atoms with van der Waals surface area (Å²) < 4.78 is 40.8. The van der Waals surface area contributed by atoms with Gasteiger partial charge in [0.1, 0.15) is 58.2 Å². The Bertz CT molecular complexity index is 6470. The molecule has 34 heteroatoms. The lowest BCUT2D eigenvalue weighted by atomic mass is 10.0. The Balaban J connectivity index is 0.000000135. The number of pyridine rings is 8. The number of nitriles is 3. The molecular weight excluding hydrogens is 1550 g/mol. The molecule has 18 rings (SSSR count). The van der Waals surface area contributed by atoms with Crippen LogP contribution in [0, 0.1) is 40.9 Å². The van der Waals surface area contributed by atoms with E-state index in [4.69, 9.17) is 36.9 Å². The van der Waals surface area contributed by atoms with Crippen molar-refractivity contribution in [3.8, 4) is 91.0 Å². The zero-order chi connectivity index (χ0) is 84.2. The Morgan fingerprint density at radius 2 is 0.868 bits per heavy atom. The first-order valence-corrected chi connectivity index (χ1v) is 41.2. The van der Waals surface area contributed by atoms with Crippen molar-refractivity contribution in [3.05, 3.63) is 223 Å². The number of nitrogens with two attached hydrogens (primary N) is 3. The molecule has 17 heterocycles. The number of aryl methyl sites for hydroxylation is 4. The summed E-state index contributed by atoms with van der Waals surface area (Å²) in [5.74, 6) is 4.99. The molecule has 0 unspecified atom stereocenters. The molecule has 0 bridgehead atoms. The number of fused-ring (bicyclic) bond motifs is 3. The average Bonchev–Trinajstić information content (AvgIpc) is 1.62. The molecule has 6 N–H and O–H groups in total. The summed E-state index contributed by atoms with van der Waals surface area (Å²) in [4.78, 5) is 39.5. The number of nitrogen functional groups attached to an aromatic ring is 3. The predicted molar refractivity (Wildman–Crippen MR) is 465 cm³/mol. The Kier molecular flexibility index (Phi) is 22.9. The number of piperazine rings is 3. The minimum Gasteiger partial charge on any atom is -0.481 e. The molecule has 0 atom stereocenters. The molecule has 14 aromatic heterocycles. The van der Waals surface area contributed by atoms with Crippen molar-refractivity contribution in [1.29, 1.82) is 15.8 Å². The van der Waals surface area contributed by atoms with Crippen LogP contribution in [0.25, 0.3) is 83.4 Å². The Morgan fingerprint density at radius 3 is 1.22 bits per heavy atom. The molecule has 121 heavy (non-hydrogen) atoms. The maximum absolute atomic E-state index is 12.7. The number of aromatic nitrogens is 17. The Morgan fingerprint density at radius 1 is 0.446 bits per heavy atom. The van der Waals surface area contributed by atoms with Crippen LogP contribution in [-0.4, -0.2) is 218 Å². The van der Waals surface area contributed by atoms with Gasteiger partial charge in [-0.05, 0) is 96.9 Å². The second-order valence-corrected chi connectivity index (χ2v) is 32.5. The first-order valence-electron chi connectivity index (χ1n) is 39.5. The number of ether oxygens (including phenoxy) is 1. The molecular formula is C87H90N30O3S. The van der Waals surface area contributed by atoms with E-state index in [0.717, 1.165) is 187 Å². The van der Waals surface area contributed by atoms with Crippen molar-refractivity contribution in [2.24, 2.45) is 21.1 Å². The number of methoxy groups -OCH3 is 1. The molecule has 3 aliphatic rings. The fourth-order valence-electron chi connectivity index (χ4n) is 15.5. The van der Waals surface area contributed by atoms with E-state index >= 15 is 0 Å². The highest BCUT2D eigenvalue weighted by molar-refractivity contribution is 7.91. The molecule has 612 valence electrons. The van der Waals surface area contributed by atoms with Crippen LogP contribution in [0.4, 0.5) is 40.7 Å². The van der Waals surface area contributed by atoms with Crippen molar-refractivity contribution in [2.75, 3.05) is 149 Å². The number of hydrogen-bond donors (Lipinski definition) is 3. The third-order valence-corrected chi connectivity index (χ3v) is 23.9. The van der Waals surface area contributed by atoms with Crippen molar-refractivity contribution in [3.63, 3.8) is 0 Å². The molecule has 1 aromatic carbocycles. The molecule has 3 saturated heterocycles. The quantitative estimate of drug-likeness (QED) is 0.0678. The van der Waals surface area contributed by atoms with Crippen molar-refractivity contribution in [2.45, 2.75) is 24.9 Å². The lowest BCUT2D eigenvalue weighted by molar-refractivity contribution is 0.249. The summed E-state index contributed by atoms with van der Waals surface area (Å²) in [6, 6.07) is 43.7. The highest BCUT2D eigenvalue weighted by atomic mass is 32.2. The highest BCUT2D eigenvalue weighted by Crippen LogP contribution is 2.39. The first-order chi connectivity index (χ1) is 58.6. The predicted octanol–water partition coefficient (Wildman–Crippen LogP) is 9.17. The first kappa shape index (κ1) is 80.2. The fraction of sp³-hybridized carbons (Fsp3) is 0.264. The molecule has 3 aliphatic heterocycles. The largest absolute Gasteiger partial charge is 0.481 e. The van der Waals surface area contributed by atoms with Crippen LogP contribution in [0.5, 0.6) is 5.88 Å². The monoisotopic (exact) mass is 1630 g/mol. The van der Waals surface area contributed by atoms with Crippen LogP contribution in [0.3, 0.4) is 0 Å². The summed E-state index contributed by atoms with van der Waals surface area (Å²) in [6.45, 7) is 14.6. The third kappa shape index (κ3) is 17.3. The van der Waals surface area contributed by atoms with E-state index in [0.29, 0.717) is 50.6 Å². The number of benzene rings is 1. The van der Waals surface area contributed by atoms with Crippen LogP contribution in [-0.2, 0) is 44.1 Å². The van der Waals surface area contributed by atoms with Crippen LogP contribution >= 0.6 is 0 Å². The maximum Gasteiger partial charge on any atom is 0.212 e. The van der Waals surface area contributed by atoms with Gasteiger partial charge in [0.15, 0.2) is 27.3 Å². The van der Waals surface area contributed by atoms with Gasteiger partial charge in [0.25, 0.3) is 0 Å². The molecule has 33 nitrogen and oxygen atoms in total. The van der Waals surface area contributed by atoms with Crippen molar-refractivity contribution in [1.82, 2.24) is 97.8 Å². The van der Waals surface area contributed by atoms with E-state index in [1.807, 2.05) is 174 Å². The minimum atomic E-state index is -3.30. The number of nitrogens with zero attached hydrogens (tertiary/aromatic N) is 27. The summed E-state index contributed by atoms with van der Waals surface area (Å²) in [7, 11) is 7.97. The van der Waals surface area contributed by atoms with E-state index < -0.39 is 9.84 Å². The number of rotatable bonds is 19. The fourth-order valence-corrected chi connectivity index (χ4v) is 16.8. The summed E-state index contributed by atoms with van der Waals surface area (Å²) in [5, 5.41) is 55.8. The molecule has 3 fully saturated rings. The van der Waals surface area contributed by atoms with Crippen LogP contribution in [0.1, 0.15) is 33.5 Å². The number of sulfone groups is 1. The lowest BCUT2D eigenvalue weighted by Gasteiger charge is -2.35. The molecule has 0 radical (unpaired) electrons. The molecule has 0 aliphatic carbocycles. The van der Waals surface area contributed by atoms with Crippen molar-refractivity contribution < 1.29 is 13.2 Å². The smallest absolute Gasteiger partial charge is 0.212 e.